The zero-order valence-electron chi connectivity index (χ0n) is 8.69. The number of hydrogen-bond acceptors (Lipinski definition) is 3. The Morgan fingerprint density at radius 1 is 1.19 bits per heavy atom. The van der Waals surface area contributed by atoms with E-state index in [1.165, 1.54) is 12.1 Å². The summed E-state index contributed by atoms with van der Waals surface area (Å²) < 4.78 is 9.89. The van der Waals surface area contributed by atoms with Gasteiger partial charge in [-0.1, -0.05) is 17.7 Å². The Kier molecular flexibility index (Phi) is 5.85. The highest BCUT2D eigenvalue weighted by atomic mass is 35.5. The lowest BCUT2D eigenvalue weighted by atomic mass is 10.2. The molecule has 0 unspecified atom stereocenters. The molecule has 1 saturated heterocycles. The van der Waals surface area contributed by atoms with Crippen LogP contribution in [0, 0.1) is 0 Å². The Morgan fingerprint density at radius 3 is 2.06 bits per heavy atom. The van der Waals surface area contributed by atoms with E-state index in [0.29, 0.717) is 5.02 Å². The fraction of sp³-hybridized carbons (Fsp3) is 0.364. The molecule has 1 aromatic carbocycles. The molecular weight excluding hydrogens is 232 g/mol. The number of carbonyl (C=O) groups is 1. The Bertz CT molecular complexity index is 325. The predicted octanol–water partition coefficient (Wildman–Crippen LogP) is 2.07. The quantitative estimate of drug-likeness (QED) is 0.822. The zero-order valence-corrected chi connectivity index (χ0v) is 9.44. The predicted molar refractivity (Wildman–Crippen MR) is 60.0 cm³/mol. The molecule has 0 spiro atoms. The molecule has 0 aromatic heterocycles. The van der Waals surface area contributed by atoms with E-state index in [-0.39, 0.29) is 5.56 Å². The van der Waals surface area contributed by atoms with Gasteiger partial charge >= 0.3 is 5.97 Å². The van der Waals surface area contributed by atoms with Gasteiger partial charge in [0.1, 0.15) is 0 Å². The third kappa shape index (κ3) is 5.11. The van der Waals surface area contributed by atoms with Crippen molar-refractivity contribution >= 4 is 17.6 Å². The lowest BCUT2D eigenvalue weighted by Gasteiger charge is -2.09. The molecule has 0 amide bonds. The summed E-state index contributed by atoms with van der Waals surface area (Å²) >= 11 is 5.53. The van der Waals surface area contributed by atoms with Crippen molar-refractivity contribution in [1.82, 2.24) is 0 Å². The minimum atomic E-state index is -0.956. The van der Waals surface area contributed by atoms with Crippen LogP contribution in [0.5, 0.6) is 0 Å². The molecule has 1 heterocycles. The van der Waals surface area contributed by atoms with Gasteiger partial charge in [-0.25, -0.2) is 4.79 Å². The van der Waals surface area contributed by atoms with Crippen molar-refractivity contribution in [1.29, 1.82) is 0 Å². The average molecular weight is 245 g/mol. The van der Waals surface area contributed by atoms with Crippen LogP contribution < -0.4 is 0 Å². The van der Waals surface area contributed by atoms with Gasteiger partial charge in [-0.2, -0.15) is 0 Å². The molecule has 88 valence electrons. The molecule has 0 bridgehead atoms. The van der Waals surface area contributed by atoms with Crippen LogP contribution in [-0.4, -0.2) is 37.5 Å². The van der Waals surface area contributed by atoms with Crippen molar-refractivity contribution in [2.24, 2.45) is 0 Å². The summed E-state index contributed by atoms with van der Waals surface area (Å²) in [4.78, 5) is 10.3. The minimum Gasteiger partial charge on any atom is -0.478 e. The molecule has 1 aliphatic rings. The monoisotopic (exact) mass is 244 g/mol. The van der Waals surface area contributed by atoms with E-state index in [0.717, 1.165) is 26.4 Å². The van der Waals surface area contributed by atoms with Gasteiger partial charge in [-0.15, -0.1) is 0 Å². The van der Waals surface area contributed by atoms with Gasteiger partial charge in [0.15, 0.2) is 0 Å². The van der Waals surface area contributed by atoms with E-state index in [1.54, 1.807) is 12.1 Å². The summed E-state index contributed by atoms with van der Waals surface area (Å²) in [5.74, 6) is -0.956. The number of aromatic carboxylic acids is 1. The lowest BCUT2D eigenvalue weighted by molar-refractivity contribution is -0.0334. The van der Waals surface area contributed by atoms with E-state index in [4.69, 9.17) is 26.2 Å². The van der Waals surface area contributed by atoms with Crippen LogP contribution in [0.2, 0.25) is 5.02 Å². The number of hydrogen-bond donors (Lipinski definition) is 1. The van der Waals surface area contributed by atoms with E-state index in [2.05, 4.69) is 0 Å². The topological polar surface area (TPSA) is 55.8 Å². The molecule has 16 heavy (non-hydrogen) atoms. The Balaban J connectivity index is 0.000000181. The molecule has 2 rings (SSSR count). The van der Waals surface area contributed by atoms with Gasteiger partial charge < -0.3 is 14.6 Å². The molecule has 1 N–H and O–H groups in total. The fourth-order valence-corrected chi connectivity index (χ4v) is 1.25. The summed E-state index contributed by atoms with van der Waals surface area (Å²) in [6.07, 6.45) is 0. The smallest absolute Gasteiger partial charge is 0.335 e. The summed E-state index contributed by atoms with van der Waals surface area (Å²) in [5.41, 5.74) is 0.215. The van der Waals surface area contributed by atoms with E-state index >= 15 is 0 Å². The van der Waals surface area contributed by atoms with E-state index in [9.17, 15) is 4.79 Å². The van der Waals surface area contributed by atoms with Crippen LogP contribution in [0.25, 0.3) is 0 Å². The second-order valence-corrected chi connectivity index (χ2v) is 3.48. The third-order valence-electron chi connectivity index (χ3n) is 1.82. The van der Waals surface area contributed by atoms with Gasteiger partial charge in [0.05, 0.1) is 32.0 Å². The summed E-state index contributed by atoms with van der Waals surface area (Å²) in [6, 6.07) is 6.14. The lowest BCUT2D eigenvalue weighted by Crippen LogP contribution is -2.16. The molecule has 1 fully saturated rings. The number of benzene rings is 1. The standard InChI is InChI=1S/C7H5ClO2.C4H8O2/c8-6-3-1-2-5(4-6)7(9)10;1-2-6-4-3-5-1/h1-4H,(H,9,10);1-4H2. The van der Waals surface area contributed by atoms with Crippen molar-refractivity contribution in [2.75, 3.05) is 26.4 Å². The SMILES string of the molecule is C1COCCO1.O=C(O)c1cccc(Cl)c1. The minimum absolute atomic E-state index is 0.215. The second kappa shape index (κ2) is 7.22. The van der Waals surface area contributed by atoms with Crippen molar-refractivity contribution in [2.45, 2.75) is 0 Å². The third-order valence-corrected chi connectivity index (χ3v) is 2.05. The first-order valence-corrected chi connectivity index (χ1v) is 5.22. The van der Waals surface area contributed by atoms with Crippen LogP contribution in [0.1, 0.15) is 10.4 Å². The highest BCUT2D eigenvalue weighted by Crippen LogP contribution is 2.09. The van der Waals surface area contributed by atoms with Crippen molar-refractivity contribution < 1.29 is 19.4 Å². The van der Waals surface area contributed by atoms with Crippen LogP contribution in [-0.2, 0) is 9.47 Å². The molecule has 0 saturated carbocycles. The van der Waals surface area contributed by atoms with Crippen LogP contribution in [0.3, 0.4) is 0 Å². The summed E-state index contributed by atoms with van der Waals surface area (Å²) in [6.45, 7) is 3.11. The van der Waals surface area contributed by atoms with Crippen molar-refractivity contribution in [3.63, 3.8) is 0 Å². The van der Waals surface area contributed by atoms with E-state index < -0.39 is 5.97 Å². The Morgan fingerprint density at radius 2 is 1.75 bits per heavy atom. The van der Waals surface area contributed by atoms with E-state index in [1.807, 2.05) is 0 Å². The van der Waals surface area contributed by atoms with Gasteiger partial charge in [0, 0.05) is 5.02 Å². The number of ether oxygens (including phenoxy) is 2. The first-order valence-electron chi connectivity index (χ1n) is 4.84. The fourth-order valence-electron chi connectivity index (χ4n) is 1.06. The van der Waals surface area contributed by atoms with Crippen molar-refractivity contribution in [3.8, 4) is 0 Å². The first kappa shape index (κ1) is 13.0. The van der Waals surface area contributed by atoms with Gasteiger partial charge in [-0.3, -0.25) is 0 Å². The molecule has 5 heteroatoms. The maximum atomic E-state index is 10.3. The first-order chi connectivity index (χ1) is 7.70. The summed E-state index contributed by atoms with van der Waals surface area (Å²) in [7, 11) is 0. The Hall–Kier alpha value is -1.10. The van der Waals surface area contributed by atoms with Crippen molar-refractivity contribution in [3.05, 3.63) is 34.9 Å². The number of halogens is 1. The van der Waals surface area contributed by atoms with Crippen LogP contribution in [0.4, 0.5) is 0 Å². The van der Waals surface area contributed by atoms with Crippen LogP contribution in [0.15, 0.2) is 24.3 Å². The molecule has 0 radical (unpaired) electrons. The maximum absolute atomic E-state index is 10.3. The van der Waals surface area contributed by atoms with Gasteiger partial charge in [0.2, 0.25) is 0 Å². The van der Waals surface area contributed by atoms with Gasteiger partial charge in [0.25, 0.3) is 0 Å². The summed E-state index contributed by atoms with van der Waals surface area (Å²) in [5, 5.41) is 8.89. The maximum Gasteiger partial charge on any atom is 0.335 e. The number of rotatable bonds is 1. The Labute approximate surface area is 98.7 Å². The second-order valence-electron chi connectivity index (χ2n) is 3.04. The molecule has 1 aromatic rings. The normalized spacial score (nSPS) is 14.8. The highest BCUT2D eigenvalue weighted by molar-refractivity contribution is 6.30. The molecule has 0 atom stereocenters. The molecule has 0 aliphatic carbocycles. The molecular formula is C11H13ClO4. The molecule has 4 nitrogen and oxygen atoms in total. The molecule has 1 aliphatic heterocycles. The average Bonchev–Trinajstić information content (AvgIpc) is 2.32. The number of carboxylic acids is 1. The zero-order chi connectivity index (χ0) is 11.8. The number of carboxylic acid groups (broad SMARTS) is 1. The highest BCUT2D eigenvalue weighted by Gasteiger charge is 2.00. The van der Waals surface area contributed by atoms with Crippen LogP contribution >= 0.6 is 11.6 Å². The largest absolute Gasteiger partial charge is 0.478 e. The van der Waals surface area contributed by atoms with Gasteiger partial charge in [-0.05, 0) is 18.2 Å².